The number of hydrogen-bond acceptors (Lipinski definition) is 6. The van der Waals surface area contributed by atoms with Crippen LogP contribution < -0.4 is 10.1 Å². The number of benzene rings is 1. The number of nitrogens with one attached hydrogen (secondary N) is 1. The van der Waals surface area contributed by atoms with Crippen LogP contribution in [0.4, 0.5) is 10.5 Å². The number of aromatic nitrogens is 4. The number of fused-ring (bicyclic) bond motifs is 1. The molecule has 1 N–H and O–H groups in total. The second kappa shape index (κ2) is 9.12. The lowest BCUT2D eigenvalue weighted by molar-refractivity contribution is 0.0301. The Labute approximate surface area is 207 Å². The first kappa shape index (κ1) is 22.3. The molecule has 184 valence electrons. The van der Waals surface area contributed by atoms with Gasteiger partial charge in [0.1, 0.15) is 11.2 Å². The van der Waals surface area contributed by atoms with Crippen LogP contribution in [0.25, 0.3) is 16.9 Å². The van der Waals surface area contributed by atoms with Crippen molar-refractivity contribution in [3.05, 3.63) is 66.1 Å². The topological polar surface area (TPSA) is 103 Å². The maximum Gasteiger partial charge on any atom is 0.418 e. The highest BCUT2D eigenvalue weighted by Crippen LogP contribution is 2.44. The minimum atomic E-state index is -0.685. The van der Waals surface area contributed by atoms with Crippen LogP contribution >= 0.6 is 0 Å². The Hall–Kier alpha value is -4.18. The third-order valence-corrected chi connectivity index (χ3v) is 6.55. The molecule has 0 bridgehead atoms. The molecule has 0 spiro atoms. The van der Waals surface area contributed by atoms with E-state index >= 15 is 0 Å². The molecular weight excluding hydrogens is 460 g/mol. The number of ether oxygens (including phenoxy) is 2. The summed E-state index contributed by atoms with van der Waals surface area (Å²) in [6.45, 7) is 1.93. The monoisotopic (exact) mass is 486 g/mol. The summed E-state index contributed by atoms with van der Waals surface area (Å²) in [7, 11) is 1.63. The van der Waals surface area contributed by atoms with E-state index in [0.717, 1.165) is 35.3 Å². The average molecular weight is 487 g/mol. The lowest BCUT2D eigenvalue weighted by atomic mass is 10.1. The molecule has 36 heavy (non-hydrogen) atoms. The summed E-state index contributed by atoms with van der Waals surface area (Å²) in [6, 6.07) is 11.8. The first-order valence-electron chi connectivity index (χ1n) is 12.0. The van der Waals surface area contributed by atoms with Gasteiger partial charge in [-0.15, -0.1) is 0 Å². The standard InChI is InChI=1S/C26H26N6O4/c1-30-25(19(14-27-30)24(33)31-9-11-35-12-10-31)36-26(34)29-21-13-23-28-22(18-5-3-2-4-6-18)16-32(23)15-20(21)17-7-8-17/h2-6,13-17H,7-12H2,1H3,(H,29,34). The Bertz CT molecular complexity index is 1430. The minimum Gasteiger partial charge on any atom is -0.390 e. The summed E-state index contributed by atoms with van der Waals surface area (Å²) in [5.41, 5.74) is 4.54. The Kier molecular flexibility index (Phi) is 5.65. The number of imidazole rings is 1. The average Bonchev–Trinajstić information content (AvgIpc) is 3.57. The molecule has 4 aromatic rings. The van der Waals surface area contributed by atoms with Crippen LogP contribution in [-0.2, 0) is 11.8 Å². The van der Waals surface area contributed by atoms with Gasteiger partial charge in [-0.25, -0.2) is 14.5 Å². The second-order valence-electron chi connectivity index (χ2n) is 9.08. The summed E-state index contributed by atoms with van der Waals surface area (Å²) >= 11 is 0. The lowest BCUT2D eigenvalue weighted by Gasteiger charge is -2.26. The summed E-state index contributed by atoms with van der Waals surface area (Å²) < 4.78 is 14.3. The number of anilines is 1. The van der Waals surface area contributed by atoms with Crippen molar-refractivity contribution in [2.45, 2.75) is 18.8 Å². The van der Waals surface area contributed by atoms with Gasteiger partial charge < -0.3 is 18.8 Å². The zero-order valence-corrected chi connectivity index (χ0v) is 19.9. The number of carbonyl (C=O) groups is 2. The smallest absolute Gasteiger partial charge is 0.390 e. The third-order valence-electron chi connectivity index (χ3n) is 6.55. The first-order valence-corrected chi connectivity index (χ1v) is 12.0. The van der Waals surface area contributed by atoms with Gasteiger partial charge in [0.2, 0.25) is 5.88 Å². The molecular formula is C26H26N6O4. The highest BCUT2D eigenvalue weighted by Gasteiger charge is 2.29. The molecule has 10 nitrogen and oxygen atoms in total. The fourth-order valence-corrected chi connectivity index (χ4v) is 4.48. The van der Waals surface area contributed by atoms with Crippen molar-refractivity contribution in [3.63, 3.8) is 0 Å². The molecule has 4 heterocycles. The van der Waals surface area contributed by atoms with Gasteiger partial charge in [-0.2, -0.15) is 5.10 Å². The van der Waals surface area contributed by atoms with E-state index in [1.165, 1.54) is 10.9 Å². The molecule has 1 saturated heterocycles. The molecule has 2 aliphatic rings. The Morgan fingerprint density at radius 1 is 1.11 bits per heavy atom. The van der Waals surface area contributed by atoms with Crippen molar-refractivity contribution in [1.29, 1.82) is 0 Å². The quantitative estimate of drug-likeness (QED) is 0.462. The van der Waals surface area contributed by atoms with Gasteiger partial charge in [0, 0.05) is 44.2 Å². The number of aryl methyl sites for hydroxylation is 1. The van der Waals surface area contributed by atoms with E-state index in [1.54, 1.807) is 11.9 Å². The first-order chi connectivity index (χ1) is 17.6. The highest BCUT2D eigenvalue weighted by atomic mass is 16.6. The number of carbonyl (C=O) groups excluding carboxylic acids is 2. The molecule has 10 heteroatoms. The van der Waals surface area contributed by atoms with Crippen LogP contribution in [0.3, 0.4) is 0 Å². The molecule has 2 amide bonds. The maximum absolute atomic E-state index is 13.0. The van der Waals surface area contributed by atoms with E-state index in [4.69, 9.17) is 14.5 Å². The van der Waals surface area contributed by atoms with E-state index in [2.05, 4.69) is 10.4 Å². The number of amides is 2. The molecule has 1 saturated carbocycles. The third kappa shape index (κ3) is 4.31. The lowest BCUT2D eigenvalue weighted by Crippen LogP contribution is -2.40. The van der Waals surface area contributed by atoms with Crippen LogP contribution in [0.1, 0.15) is 34.7 Å². The summed E-state index contributed by atoms with van der Waals surface area (Å²) in [4.78, 5) is 32.4. The molecule has 6 rings (SSSR count). The summed E-state index contributed by atoms with van der Waals surface area (Å²) in [5, 5.41) is 7.02. The summed E-state index contributed by atoms with van der Waals surface area (Å²) in [6.07, 6.45) is 6.90. The zero-order chi connectivity index (χ0) is 24.6. The molecule has 2 fully saturated rings. The van der Waals surface area contributed by atoms with Gasteiger partial charge in [-0.05, 0) is 24.3 Å². The van der Waals surface area contributed by atoms with Crippen LogP contribution in [0.15, 0.2) is 55.0 Å². The van der Waals surface area contributed by atoms with Gasteiger partial charge in [0.05, 0.1) is 30.8 Å². The number of rotatable bonds is 5. The molecule has 1 aliphatic carbocycles. The summed E-state index contributed by atoms with van der Waals surface area (Å²) in [5.74, 6) is 0.243. The van der Waals surface area contributed by atoms with Crippen molar-refractivity contribution < 1.29 is 19.1 Å². The van der Waals surface area contributed by atoms with Gasteiger partial charge in [-0.1, -0.05) is 30.3 Å². The van der Waals surface area contributed by atoms with Gasteiger partial charge in [0.25, 0.3) is 5.91 Å². The predicted octanol–water partition coefficient (Wildman–Crippen LogP) is 3.70. The fourth-order valence-electron chi connectivity index (χ4n) is 4.48. The van der Waals surface area contributed by atoms with E-state index in [0.29, 0.717) is 37.9 Å². The maximum atomic E-state index is 13.0. The minimum absolute atomic E-state index is 0.102. The zero-order valence-electron chi connectivity index (χ0n) is 19.9. The molecule has 1 aliphatic heterocycles. The normalized spacial score (nSPS) is 15.8. The fraction of sp³-hybridized carbons (Fsp3) is 0.308. The van der Waals surface area contributed by atoms with Crippen LogP contribution in [0.5, 0.6) is 5.88 Å². The Morgan fingerprint density at radius 2 is 1.89 bits per heavy atom. The SMILES string of the molecule is Cn1ncc(C(=O)N2CCOCC2)c1OC(=O)Nc1cc2nc(-c3ccccc3)cn2cc1C1CC1. The highest BCUT2D eigenvalue weighted by molar-refractivity contribution is 5.98. The van der Waals surface area contributed by atoms with Crippen molar-refractivity contribution in [2.24, 2.45) is 7.05 Å². The van der Waals surface area contributed by atoms with E-state index < -0.39 is 6.09 Å². The Morgan fingerprint density at radius 3 is 2.64 bits per heavy atom. The number of pyridine rings is 1. The number of morpholine rings is 1. The van der Waals surface area contributed by atoms with E-state index in [-0.39, 0.29) is 17.4 Å². The van der Waals surface area contributed by atoms with Crippen molar-refractivity contribution in [1.82, 2.24) is 24.1 Å². The van der Waals surface area contributed by atoms with Crippen LogP contribution in [0.2, 0.25) is 0 Å². The number of hydrogen-bond donors (Lipinski definition) is 1. The molecule has 3 aromatic heterocycles. The molecule has 0 unspecified atom stereocenters. The van der Waals surface area contributed by atoms with E-state index in [9.17, 15) is 9.59 Å². The van der Waals surface area contributed by atoms with Crippen molar-refractivity contribution >= 4 is 23.3 Å². The van der Waals surface area contributed by atoms with E-state index in [1.807, 2.05) is 53.2 Å². The second-order valence-corrected chi connectivity index (χ2v) is 9.08. The number of nitrogens with zero attached hydrogens (tertiary/aromatic N) is 5. The molecule has 1 aromatic carbocycles. The van der Waals surface area contributed by atoms with Crippen molar-refractivity contribution in [3.8, 4) is 17.1 Å². The van der Waals surface area contributed by atoms with Gasteiger partial charge in [-0.3, -0.25) is 10.1 Å². The molecule has 0 atom stereocenters. The largest absolute Gasteiger partial charge is 0.418 e. The predicted molar refractivity (Wildman–Crippen MR) is 132 cm³/mol. The van der Waals surface area contributed by atoms with Crippen LogP contribution in [-0.4, -0.2) is 62.4 Å². The van der Waals surface area contributed by atoms with Gasteiger partial charge >= 0.3 is 6.09 Å². The molecule has 0 radical (unpaired) electrons. The Balaban J connectivity index is 1.25. The van der Waals surface area contributed by atoms with Crippen molar-refractivity contribution in [2.75, 3.05) is 31.6 Å². The van der Waals surface area contributed by atoms with Gasteiger partial charge in [0.15, 0.2) is 0 Å². The van der Waals surface area contributed by atoms with Crippen LogP contribution in [0, 0.1) is 0 Å².